The summed E-state index contributed by atoms with van der Waals surface area (Å²) in [7, 11) is 1.65. The number of benzene rings is 1. The molecule has 3 unspecified atom stereocenters. The highest BCUT2D eigenvalue weighted by Crippen LogP contribution is 2.36. The maximum atomic E-state index is 15.3. The van der Waals surface area contributed by atoms with Crippen molar-refractivity contribution in [2.45, 2.75) is 57.2 Å². The number of pyridine rings is 2. The first-order valence-electron chi connectivity index (χ1n) is 12.2. The molecule has 1 aliphatic rings. The molecule has 0 bridgehead atoms. The van der Waals surface area contributed by atoms with E-state index in [1.165, 1.54) is 6.20 Å². The smallest absolute Gasteiger partial charge is 0.250 e. The van der Waals surface area contributed by atoms with Gasteiger partial charge in [-0.3, -0.25) is 9.80 Å². The van der Waals surface area contributed by atoms with Crippen molar-refractivity contribution < 1.29 is 18.7 Å². The Bertz CT molecular complexity index is 1190. The van der Waals surface area contributed by atoms with Gasteiger partial charge in [0.05, 0.1) is 30.2 Å². The summed E-state index contributed by atoms with van der Waals surface area (Å²) < 4.78 is 26.5. The van der Waals surface area contributed by atoms with Crippen LogP contribution in [0.15, 0.2) is 42.7 Å². The second-order valence-electron chi connectivity index (χ2n) is 9.08. The molecule has 2 heterocycles. The lowest BCUT2D eigenvalue weighted by atomic mass is 9.91. The van der Waals surface area contributed by atoms with Gasteiger partial charge in [0.1, 0.15) is 5.82 Å². The molecule has 0 radical (unpaired) electrons. The van der Waals surface area contributed by atoms with E-state index in [0.717, 1.165) is 31.9 Å². The zero-order valence-electron chi connectivity index (χ0n) is 20.6. The minimum absolute atomic E-state index is 0.0288. The van der Waals surface area contributed by atoms with Crippen molar-refractivity contribution in [2.75, 3.05) is 18.7 Å². The van der Waals surface area contributed by atoms with Gasteiger partial charge in [0.15, 0.2) is 5.82 Å². The van der Waals surface area contributed by atoms with Crippen LogP contribution in [0.2, 0.25) is 0 Å². The predicted octanol–water partition coefficient (Wildman–Crippen LogP) is 3.58. The number of hydrogen-bond acceptors (Lipinski definition) is 8. The minimum Gasteiger partial charge on any atom is -0.477 e. The summed E-state index contributed by atoms with van der Waals surface area (Å²) in [6, 6.07) is 8.55. The van der Waals surface area contributed by atoms with Crippen LogP contribution in [0.3, 0.4) is 0 Å². The molecule has 1 saturated carbocycles. The second kappa shape index (κ2) is 11.6. The van der Waals surface area contributed by atoms with Gasteiger partial charge in [-0.25, -0.2) is 19.8 Å². The zero-order valence-corrected chi connectivity index (χ0v) is 20.6. The van der Waals surface area contributed by atoms with E-state index in [0.29, 0.717) is 41.2 Å². The Morgan fingerprint density at radius 1 is 1.22 bits per heavy atom. The number of nitrogens with zero attached hydrogens (tertiary/aromatic N) is 3. The van der Waals surface area contributed by atoms with E-state index in [1.54, 1.807) is 36.4 Å². The van der Waals surface area contributed by atoms with Crippen LogP contribution in [0.1, 0.15) is 49.4 Å². The molecule has 36 heavy (non-hydrogen) atoms. The Morgan fingerprint density at radius 3 is 2.72 bits per heavy atom. The number of fused-ring (bicyclic) bond motifs is 1. The number of ether oxygens (including phenoxy) is 2. The van der Waals surface area contributed by atoms with Crippen LogP contribution in [-0.4, -0.2) is 47.8 Å². The molecule has 192 valence electrons. The lowest BCUT2D eigenvalue weighted by molar-refractivity contribution is 0.0950. The van der Waals surface area contributed by atoms with Gasteiger partial charge in [-0.1, -0.05) is 18.9 Å². The fraction of sp³-hybridized carbons (Fsp3) is 0.423. The lowest BCUT2D eigenvalue weighted by Gasteiger charge is -2.36. The Morgan fingerprint density at radius 2 is 2.03 bits per heavy atom. The number of anilines is 2. The number of carbonyl (C=O) groups excluding carboxylic acids is 1. The quantitative estimate of drug-likeness (QED) is 0.363. The maximum Gasteiger partial charge on any atom is 0.250 e. The maximum absolute atomic E-state index is 15.3. The number of aromatic nitrogens is 2. The van der Waals surface area contributed by atoms with Crippen molar-refractivity contribution in [3.8, 4) is 5.88 Å². The van der Waals surface area contributed by atoms with Crippen LogP contribution in [0, 0.1) is 5.82 Å². The molecule has 10 heteroatoms. The molecule has 1 amide bonds. The predicted molar refractivity (Wildman–Crippen MR) is 137 cm³/mol. The standard InChI is InChI=1S/C26H33FN6O3/c1-16(35-2)12-13-36-26-18-6-5-9-22(24(18)19(27)15-31-26)33(32-21-8-4-3-7-20(21)28)23-11-10-17(14-30-23)25(29)34/h5-6,9-11,14-16,20-21,32H,3-4,7-8,12-13,28H2,1-2H3,(H2,29,34). The van der Waals surface area contributed by atoms with Gasteiger partial charge in [-0.05, 0) is 44.0 Å². The number of nitrogens with one attached hydrogen (secondary N) is 1. The average Bonchev–Trinajstić information content (AvgIpc) is 2.89. The van der Waals surface area contributed by atoms with E-state index in [2.05, 4.69) is 15.4 Å². The molecule has 9 nitrogen and oxygen atoms in total. The zero-order chi connectivity index (χ0) is 25.7. The largest absolute Gasteiger partial charge is 0.477 e. The number of halogens is 1. The van der Waals surface area contributed by atoms with Gasteiger partial charge in [0.25, 0.3) is 0 Å². The van der Waals surface area contributed by atoms with Gasteiger partial charge >= 0.3 is 0 Å². The number of hydrazine groups is 1. The van der Waals surface area contributed by atoms with Crippen molar-refractivity contribution in [1.29, 1.82) is 0 Å². The molecular weight excluding hydrogens is 463 g/mol. The average molecular weight is 497 g/mol. The van der Waals surface area contributed by atoms with E-state index in [1.807, 2.05) is 13.0 Å². The van der Waals surface area contributed by atoms with Crippen LogP contribution >= 0.6 is 0 Å². The Kier molecular flexibility index (Phi) is 8.29. The summed E-state index contributed by atoms with van der Waals surface area (Å²) in [6.07, 6.45) is 7.14. The van der Waals surface area contributed by atoms with E-state index >= 15 is 4.39 Å². The first kappa shape index (κ1) is 25.7. The third-order valence-electron chi connectivity index (χ3n) is 6.59. The molecule has 2 aromatic heterocycles. The first-order valence-corrected chi connectivity index (χ1v) is 12.2. The number of hydrogen-bond donors (Lipinski definition) is 3. The number of rotatable bonds is 10. The lowest BCUT2D eigenvalue weighted by Crippen LogP contribution is -2.53. The van der Waals surface area contributed by atoms with E-state index in [4.69, 9.17) is 20.9 Å². The van der Waals surface area contributed by atoms with E-state index < -0.39 is 11.7 Å². The summed E-state index contributed by atoms with van der Waals surface area (Å²) in [5.74, 6) is -0.262. The monoisotopic (exact) mass is 496 g/mol. The summed E-state index contributed by atoms with van der Waals surface area (Å²) in [4.78, 5) is 20.2. The van der Waals surface area contributed by atoms with Crippen molar-refractivity contribution >= 4 is 28.2 Å². The van der Waals surface area contributed by atoms with Crippen LogP contribution in [-0.2, 0) is 4.74 Å². The molecule has 3 aromatic rings. The van der Waals surface area contributed by atoms with E-state index in [-0.39, 0.29) is 23.8 Å². The highest BCUT2D eigenvalue weighted by molar-refractivity contribution is 5.99. The molecule has 0 saturated heterocycles. The molecule has 1 aliphatic carbocycles. The molecular formula is C26H33FN6O3. The van der Waals surface area contributed by atoms with Crippen LogP contribution < -0.4 is 26.6 Å². The number of methoxy groups -OCH3 is 1. The molecule has 1 aromatic carbocycles. The molecule has 4 rings (SSSR count). The topological polar surface area (TPSA) is 129 Å². The normalized spacial score (nSPS) is 18.7. The molecule has 0 aliphatic heterocycles. The Hall–Kier alpha value is -3.34. The summed E-state index contributed by atoms with van der Waals surface area (Å²) >= 11 is 0. The second-order valence-corrected chi connectivity index (χ2v) is 9.08. The van der Waals surface area contributed by atoms with Crippen LogP contribution in [0.25, 0.3) is 10.8 Å². The summed E-state index contributed by atoms with van der Waals surface area (Å²) in [6.45, 7) is 2.33. The molecule has 1 fully saturated rings. The van der Waals surface area contributed by atoms with Crippen LogP contribution in [0.5, 0.6) is 5.88 Å². The first-order chi connectivity index (χ1) is 17.4. The van der Waals surface area contributed by atoms with Gasteiger partial charge in [0.2, 0.25) is 11.8 Å². The minimum atomic E-state index is -0.574. The van der Waals surface area contributed by atoms with Crippen LogP contribution in [0.4, 0.5) is 15.9 Å². The van der Waals surface area contributed by atoms with Gasteiger partial charge in [-0.2, -0.15) is 0 Å². The van der Waals surface area contributed by atoms with Gasteiger partial charge in [-0.15, -0.1) is 0 Å². The molecule has 0 spiro atoms. The third-order valence-corrected chi connectivity index (χ3v) is 6.59. The fourth-order valence-corrected chi connectivity index (χ4v) is 4.37. The highest BCUT2D eigenvalue weighted by atomic mass is 19.1. The number of carbonyl (C=O) groups is 1. The highest BCUT2D eigenvalue weighted by Gasteiger charge is 2.27. The summed E-state index contributed by atoms with van der Waals surface area (Å²) in [5.41, 5.74) is 16.1. The molecule has 5 N–H and O–H groups in total. The number of amides is 1. The molecule has 3 atom stereocenters. The Balaban J connectivity index is 1.76. The van der Waals surface area contributed by atoms with Crippen molar-refractivity contribution in [2.24, 2.45) is 11.5 Å². The van der Waals surface area contributed by atoms with Crippen molar-refractivity contribution in [1.82, 2.24) is 15.4 Å². The Labute approximate surface area is 209 Å². The SMILES string of the molecule is COC(C)CCOc1ncc(F)c2c(N(NC3CCCCC3N)c3ccc(C(N)=O)cn3)cccc12. The number of primary amides is 1. The van der Waals surface area contributed by atoms with Gasteiger partial charge < -0.3 is 20.9 Å². The fourth-order valence-electron chi connectivity index (χ4n) is 4.37. The van der Waals surface area contributed by atoms with Gasteiger partial charge in [0, 0.05) is 42.6 Å². The van der Waals surface area contributed by atoms with Crippen molar-refractivity contribution in [3.63, 3.8) is 0 Å². The third kappa shape index (κ3) is 5.72. The van der Waals surface area contributed by atoms with E-state index in [9.17, 15) is 4.79 Å². The number of nitrogens with two attached hydrogens (primary N) is 2. The summed E-state index contributed by atoms with van der Waals surface area (Å²) in [5, 5.41) is 2.59. The van der Waals surface area contributed by atoms with Crippen molar-refractivity contribution in [3.05, 3.63) is 54.1 Å².